The Morgan fingerprint density at radius 3 is 2.82 bits per heavy atom. The van der Waals surface area contributed by atoms with Gasteiger partial charge in [-0.3, -0.25) is 14.4 Å². The van der Waals surface area contributed by atoms with Gasteiger partial charge in [-0.05, 0) is 43.7 Å². The molecule has 7 nitrogen and oxygen atoms in total. The van der Waals surface area contributed by atoms with Crippen molar-refractivity contribution in [3.8, 4) is 5.75 Å². The average molecular weight is 403 g/mol. The van der Waals surface area contributed by atoms with Crippen molar-refractivity contribution in [2.45, 2.75) is 32.5 Å². The van der Waals surface area contributed by atoms with Gasteiger partial charge < -0.3 is 20.1 Å². The molecule has 0 radical (unpaired) electrons. The summed E-state index contributed by atoms with van der Waals surface area (Å²) in [5.41, 5.74) is 1.90. The summed E-state index contributed by atoms with van der Waals surface area (Å²) < 4.78 is 10.7. The number of halogens is 1. The standard InChI is InChI=1S/C20H19ClN2O5/c1-11-7-8-13(21)9-15(11)23-19(25)12(2)27-18(24)10-17-20(26)22-14-5-3-4-6-16(14)28-17/h3-9,12,17H,10H2,1-2H3,(H,22,26)(H,23,25)/t12-,17-/m1/s1. The van der Waals surface area contributed by atoms with E-state index >= 15 is 0 Å². The Kier molecular flexibility index (Phi) is 5.84. The van der Waals surface area contributed by atoms with E-state index in [1.807, 2.05) is 6.92 Å². The van der Waals surface area contributed by atoms with Gasteiger partial charge in [0.05, 0.1) is 12.1 Å². The highest BCUT2D eigenvalue weighted by molar-refractivity contribution is 6.31. The summed E-state index contributed by atoms with van der Waals surface area (Å²) in [6.45, 7) is 3.27. The number of aryl methyl sites for hydroxylation is 1. The Morgan fingerprint density at radius 1 is 1.29 bits per heavy atom. The fraction of sp³-hybridized carbons (Fsp3) is 0.250. The van der Waals surface area contributed by atoms with E-state index in [9.17, 15) is 14.4 Å². The van der Waals surface area contributed by atoms with E-state index in [-0.39, 0.29) is 6.42 Å². The summed E-state index contributed by atoms with van der Waals surface area (Å²) in [6.07, 6.45) is -2.38. The van der Waals surface area contributed by atoms with E-state index in [4.69, 9.17) is 21.1 Å². The zero-order valence-electron chi connectivity index (χ0n) is 15.3. The van der Waals surface area contributed by atoms with Crippen LogP contribution >= 0.6 is 11.6 Å². The highest BCUT2D eigenvalue weighted by Crippen LogP contribution is 2.29. The summed E-state index contributed by atoms with van der Waals surface area (Å²) >= 11 is 5.93. The van der Waals surface area contributed by atoms with Crippen molar-refractivity contribution < 1.29 is 23.9 Å². The van der Waals surface area contributed by atoms with Gasteiger partial charge in [-0.25, -0.2) is 0 Å². The molecule has 28 heavy (non-hydrogen) atoms. The van der Waals surface area contributed by atoms with Gasteiger partial charge in [0.1, 0.15) is 5.75 Å². The van der Waals surface area contributed by atoms with Gasteiger partial charge in [0, 0.05) is 10.7 Å². The fourth-order valence-electron chi connectivity index (χ4n) is 2.64. The molecular weight excluding hydrogens is 384 g/mol. The molecule has 2 aromatic rings. The van der Waals surface area contributed by atoms with Crippen LogP contribution in [-0.4, -0.2) is 30.0 Å². The topological polar surface area (TPSA) is 93.7 Å². The molecule has 1 aliphatic rings. The second-order valence-corrected chi connectivity index (χ2v) is 6.81. The number of rotatable bonds is 5. The lowest BCUT2D eigenvalue weighted by atomic mass is 10.1. The minimum atomic E-state index is -1.05. The van der Waals surface area contributed by atoms with Crippen LogP contribution in [-0.2, 0) is 19.1 Å². The number of hydrogen-bond donors (Lipinski definition) is 2. The van der Waals surface area contributed by atoms with Crippen LogP contribution in [0.1, 0.15) is 18.9 Å². The lowest BCUT2D eigenvalue weighted by molar-refractivity contribution is -0.155. The summed E-state index contributed by atoms with van der Waals surface area (Å²) in [7, 11) is 0. The summed E-state index contributed by atoms with van der Waals surface area (Å²) in [4.78, 5) is 36.6. The zero-order valence-corrected chi connectivity index (χ0v) is 16.1. The first kappa shape index (κ1) is 19.7. The Morgan fingerprint density at radius 2 is 2.04 bits per heavy atom. The predicted molar refractivity (Wildman–Crippen MR) is 104 cm³/mol. The maximum atomic E-state index is 12.3. The first-order chi connectivity index (χ1) is 13.3. The van der Waals surface area contributed by atoms with Crippen LogP contribution in [0, 0.1) is 6.92 Å². The molecule has 2 aromatic carbocycles. The third-order valence-corrected chi connectivity index (χ3v) is 4.43. The normalized spacial score (nSPS) is 16.2. The second kappa shape index (κ2) is 8.31. The minimum Gasteiger partial charge on any atom is -0.478 e. The first-order valence-corrected chi connectivity index (χ1v) is 9.04. The molecule has 2 N–H and O–H groups in total. The van der Waals surface area contributed by atoms with Gasteiger partial charge in [0.25, 0.3) is 11.8 Å². The monoisotopic (exact) mass is 402 g/mol. The molecule has 0 unspecified atom stereocenters. The van der Waals surface area contributed by atoms with Crippen molar-refractivity contribution in [2.75, 3.05) is 10.6 Å². The molecular formula is C20H19ClN2O5. The average Bonchev–Trinajstić information content (AvgIpc) is 2.65. The third-order valence-electron chi connectivity index (χ3n) is 4.19. The van der Waals surface area contributed by atoms with Crippen LogP contribution in [0.3, 0.4) is 0 Å². The largest absolute Gasteiger partial charge is 0.478 e. The Labute approximate surface area is 167 Å². The van der Waals surface area contributed by atoms with Crippen LogP contribution in [0.4, 0.5) is 11.4 Å². The maximum absolute atomic E-state index is 12.3. The third kappa shape index (κ3) is 4.61. The number of benzene rings is 2. The van der Waals surface area contributed by atoms with Crippen molar-refractivity contribution >= 4 is 40.8 Å². The number of anilines is 2. The Balaban J connectivity index is 1.56. The number of carbonyl (C=O) groups excluding carboxylic acids is 3. The predicted octanol–water partition coefficient (Wildman–Crippen LogP) is 3.31. The second-order valence-electron chi connectivity index (χ2n) is 6.38. The molecule has 0 saturated heterocycles. The quantitative estimate of drug-likeness (QED) is 0.748. The fourth-order valence-corrected chi connectivity index (χ4v) is 2.81. The molecule has 0 fully saturated rings. The molecule has 2 atom stereocenters. The highest BCUT2D eigenvalue weighted by Gasteiger charge is 2.31. The summed E-state index contributed by atoms with van der Waals surface area (Å²) in [6, 6.07) is 12.0. The number of esters is 1. The lowest BCUT2D eigenvalue weighted by Gasteiger charge is -2.25. The van der Waals surface area contributed by atoms with Crippen LogP contribution in [0.25, 0.3) is 0 Å². The van der Waals surface area contributed by atoms with Crippen LogP contribution in [0.5, 0.6) is 5.75 Å². The smallest absolute Gasteiger partial charge is 0.310 e. The maximum Gasteiger partial charge on any atom is 0.310 e. The first-order valence-electron chi connectivity index (χ1n) is 8.66. The van der Waals surface area contributed by atoms with Gasteiger partial charge in [0.15, 0.2) is 12.2 Å². The zero-order chi connectivity index (χ0) is 20.3. The van der Waals surface area contributed by atoms with Gasteiger partial charge in [-0.1, -0.05) is 29.8 Å². The number of ether oxygens (including phenoxy) is 2. The van der Waals surface area contributed by atoms with Crippen molar-refractivity contribution in [3.63, 3.8) is 0 Å². The molecule has 8 heteroatoms. The van der Waals surface area contributed by atoms with Crippen molar-refractivity contribution in [2.24, 2.45) is 0 Å². The van der Waals surface area contributed by atoms with Gasteiger partial charge >= 0.3 is 5.97 Å². The molecule has 0 aliphatic carbocycles. The Hall–Kier alpha value is -3.06. The molecule has 2 amide bonds. The summed E-state index contributed by atoms with van der Waals surface area (Å²) in [5, 5.41) is 5.82. The molecule has 0 aromatic heterocycles. The molecule has 0 bridgehead atoms. The van der Waals surface area contributed by atoms with E-state index in [1.54, 1.807) is 42.5 Å². The Bertz CT molecular complexity index is 931. The lowest BCUT2D eigenvalue weighted by Crippen LogP contribution is -2.40. The van der Waals surface area contributed by atoms with Gasteiger partial charge in [-0.2, -0.15) is 0 Å². The van der Waals surface area contributed by atoms with E-state index in [0.29, 0.717) is 22.1 Å². The number of carbonyl (C=O) groups is 3. The number of hydrogen-bond acceptors (Lipinski definition) is 5. The molecule has 146 valence electrons. The van der Waals surface area contributed by atoms with E-state index in [1.165, 1.54) is 6.92 Å². The number of para-hydroxylation sites is 2. The number of fused-ring (bicyclic) bond motifs is 1. The van der Waals surface area contributed by atoms with E-state index < -0.39 is 30.0 Å². The van der Waals surface area contributed by atoms with Crippen LogP contribution in [0.2, 0.25) is 5.02 Å². The molecule has 1 heterocycles. The summed E-state index contributed by atoms with van der Waals surface area (Å²) in [5.74, 6) is -1.19. The van der Waals surface area contributed by atoms with Gasteiger partial charge in [0.2, 0.25) is 0 Å². The molecule has 0 spiro atoms. The van der Waals surface area contributed by atoms with Crippen molar-refractivity contribution in [1.29, 1.82) is 0 Å². The van der Waals surface area contributed by atoms with Gasteiger partial charge in [-0.15, -0.1) is 0 Å². The SMILES string of the molecule is Cc1ccc(Cl)cc1NC(=O)[C@@H](C)OC(=O)C[C@H]1Oc2ccccc2NC1=O. The highest BCUT2D eigenvalue weighted by atomic mass is 35.5. The van der Waals surface area contributed by atoms with E-state index in [2.05, 4.69) is 10.6 Å². The van der Waals surface area contributed by atoms with Crippen molar-refractivity contribution in [1.82, 2.24) is 0 Å². The number of nitrogens with one attached hydrogen (secondary N) is 2. The number of amides is 2. The van der Waals surface area contributed by atoms with E-state index in [0.717, 1.165) is 5.56 Å². The van der Waals surface area contributed by atoms with Crippen molar-refractivity contribution in [3.05, 3.63) is 53.1 Å². The minimum absolute atomic E-state index is 0.312. The molecule has 0 saturated carbocycles. The van der Waals surface area contributed by atoms with Crippen LogP contribution < -0.4 is 15.4 Å². The molecule has 1 aliphatic heterocycles. The van der Waals surface area contributed by atoms with Crippen LogP contribution in [0.15, 0.2) is 42.5 Å². The molecule has 3 rings (SSSR count).